The van der Waals surface area contributed by atoms with Crippen LogP contribution in [0.15, 0.2) is 18.2 Å². The predicted octanol–water partition coefficient (Wildman–Crippen LogP) is 2.65. The zero-order valence-electron chi connectivity index (χ0n) is 13.2. The molecule has 0 fully saturated rings. The van der Waals surface area contributed by atoms with E-state index in [1.165, 1.54) is 6.92 Å². The topological polar surface area (TPSA) is 78.4 Å². The monoisotopic (exact) mass is 292 g/mol. The molecule has 3 N–H and O–H groups in total. The van der Waals surface area contributed by atoms with Crippen LogP contribution < -0.4 is 10.6 Å². The number of hydrogen-bond acceptors (Lipinski definition) is 3. The summed E-state index contributed by atoms with van der Waals surface area (Å²) < 4.78 is 0. The number of amides is 1. The van der Waals surface area contributed by atoms with Gasteiger partial charge in [0.05, 0.1) is 0 Å². The molecule has 5 nitrogen and oxygen atoms in total. The molecule has 1 aromatic carbocycles. The lowest BCUT2D eigenvalue weighted by Crippen LogP contribution is -2.38. The molecule has 116 valence electrons. The van der Waals surface area contributed by atoms with Crippen LogP contribution in [0, 0.1) is 12.8 Å². The van der Waals surface area contributed by atoms with Crippen molar-refractivity contribution >= 4 is 17.6 Å². The molecule has 0 aliphatic carbocycles. The van der Waals surface area contributed by atoms with Gasteiger partial charge in [0.25, 0.3) is 5.91 Å². The highest BCUT2D eigenvalue weighted by atomic mass is 16.4. The van der Waals surface area contributed by atoms with E-state index in [4.69, 9.17) is 5.11 Å². The molecule has 0 aliphatic rings. The second-order valence-electron chi connectivity index (χ2n) is 5.69. The normalized spacial score (nSPS) is 13.6. The Labute approximate surface area is 125 Å². The van der Waals surface area contributed by atoms with Gasteiger partial charge in [0.15, 0.2) is 0 Å². The summed E-state index contributed by atoms with van der Waals surface area (Å²) in [5, 5.41) is 14.7. The van der Waals surface area contributed by atoms with E-state index in [1.807, 2.05) is 13.0 Å². The number of carboxylic acid groups (broad SMARTS) is 1. The Morgan fingerprint density at radius 2 is 1.76 bits per heavy atom. The standard InChI is InChI=1S/C16H24N2O3/c1-9(2)11(4)17-14-8-6-7-13(10(14)3)15(19)18-12(5)16(20)21/h6-9,11-12,17H,1-5H3,(H,18,19)(H,20,21)/t11?,12-/m1/s1. The van der Waals surface area contributed by atoms with E-state index in [0.717, 1.165) is 11.3 Å². The molecule has 0 aromatic heterocycles. The molecule has 1 rings (SSSR count). The first-order chi connectivity index (χ1) is 9.73. The summed E-state index contributed by atoms with van der Waals surface area (Å²) in [4.78, 5) is 23.0. The van der Waals surface area contributed by atoms with Crippen LogP contribution in [0.1, 0.15) is 43.6 Å². The van der Waals surface area contributed by atoms with Crippen molar-refractivity contribution in [2.45, 2.75) is 46.7 Å². The van der Waals surface area contributed by atoms with Gasteiger partial charge in [0.2, 0.25) is 0 Å². The Hall–Kier alpha value is -2.04. The minimum atomic E-state index is -1.05. The fourth-order valence-corrected chi connectivity index (χ4v) is 1.79. The molecule has 0 heterocycles. The zero-order chi connectivity index (χ0) is 16.2. The van der Waals surface area contributed by atoms with Gasteiger partial charge < -0.3 is 15.7 Å². The molecular formula is C16H24N2O3. The van der Waals surface area contributed by atoms with Gasteiger partial charge in [0.1, 0.15) is 6.04 Å². The van der Waals surface area contributed by atoms with Gasteiger partial charge in [-0.15, -0.1) is 0 Å². The van der Waals surface area contributed by atoms with Crippen LogP contribution in [0.3, 0.4) is 0 Å². The first-order valence-corrected chi connectivity index (χ1v) is 7.13. The van der Waals surface area contributed by atoms with Crippen molar-refractivity contribution in [1.29, 1.82) is 0 Å². The molecule has 2 atom stereocenters. The molecule has 0 aliphatic heterocycles. The lowest BCUT2D eigenvalue weighted by molar-refractivity contribution is -0.138. The van der Waals surface area contributed by atoms with E-state index >= 15 is 0 Å². The number of carbonyl (C=O) groups is 2. The second kappa shape index (κ2) is 7.11. The maximum absolute atomic E-state index is 12.2. The van der Waals surface area contributed by atoms with E-state index in [-0.39, 0.29) is 11.9 Å². The van der Waals surface area contributed by atoms with Gasteiger partial charge in [-0.1, -0.05) is 19.9 Å². The first kappa shape index (κ1) is 17.0. The minimum Gasteiger partial charge on any atom is -0.480 e. The smallest absolute Gasteiger partial charge is 0.325 e. The number of carboxylic acids is 1. The lowest BCUT2D eigenvalue weighted by atomic mass is 10.0. The Kier molecular flexibility index (Phi) is 5.76. The summed E-state index contributed by atoms with van der Waals surface area (Å²) in [6.45, 7) is 9.63. The summed E-state index contributed by atoms with van der Waals surface area (Å²) in [5.41, 5.74) is 2.20. The molecule has 0 spiro atoms. The molecule has 1 amide bonds. The van der Waals surface area contributed by atoms with Crippen molar-refractivity contribution < 1.29 is 14.7 Å². The summed E-state index contributed by atoms with van der Waals surface area (Å²) in [5.74, 6) is -0.958. The van der Waals surface area contributed by atoms with Crippen LogP contribution in [-0.4, -0.2) is 29.1 Å². The molecular weight excluding hydrogens is 268 g/mol. The van der Waals surface area contributed by atoms with Crippen LogP contribution in [-0.2, 0) is 4.79 Å². The number of nitrogens with one attached hydrogen (secondary N) is 2. The Morgan fingerprint density at radius 1 is 1.14 bits per heavy atom. The van der Waals surface area contributed by atoms with Gasteiger partial charge in [-0.2, -0.15) is 0 Å². The van der Waals surface area contributed by atoms with Gasteiger partial charge >= 0.3 is 5.97 Å². The minimum absolute atomic E-state index is 0.278. The maximum atomic E-state index is 12.2. The molecule has 1 aromatic rings. The molecule has 5 heteroatoms. The number of rotatable bonds is 6. The average molecular weight is 292 g/mol. The van der Waals surface area contributed by atoms with Crippen molar-refractivity contribution in [3.05, 3.63) is 29.3 Å². The van der Waals surface area contributed by atoms with Crippen molar-refractivity contribution in [2.75, 3.05) is 5.32 Å². The number of hydrogen-bond donors (Lipinski definition) is 3. The highest BCUT2D eigenvalue weighted by molar-refractivity contribution is 5.98. The number of aliphatic carboxylic acids is 1. The summed E-state index contributed by atoms with van der Waals surface area (Å²) >= 11 is 0. The van der Waals surface area contributed by atoms with Crippen molar-refractivity contribution in [3.8, 4) is 0 Å². The van der Waals surface area contributed by atoms with Crippen molar-refractivity contribution in [1.82, 2.24) is 5.32 Å². The number of anilines is 1. The average Bonchev–Trinajstić information content (AvgIpc) is 2.40. The van der Waals surface area contributed by atoms with Crippen LogP contribution in [0.4, 0.5) is 5.69 Å². The number of carbonyl (C=O) groups excluding carboxylic acids is 1. The summed E-state index contributed by atoms with van der Waals surface area (Å²) in [6.07, 6.45) is 0. The SMILES string of the molecule is Cc1c(NC(C)C(C)C)cccc1C(=O)N[C@H](C)C(=O)O. The third-order valence-corrected chi connectivity index (χ3v) is 3.68. The quantitative estimate of drug-likeness (QED) is 0.753. The third kappa shape index (κ3) is 4.48. The Morgan fingerprint density at radius 3 is 2.29 bits per heavy atom. The largest absolute Gasteiger partial charge is 0.480 e. The van der Waals surface area contributed by atoms with Gasteiger partial charge in [-0.05, 0) is 44.4 Å². The van der Waals surface area contributed by atoms with E-state index in [2.05, 4.69) is 31.4 Å². The van der Waals surface area contributed by atoms with E-state index in [1.54, 1.807) is 12.1 Å². The second-order valence-corrected chi connectivity index (χ2v) is 5.69. The highest BCUT2D eigenvalue weighted by Crippen LogP contribution is 2.21. The van der Waals surface area contributed by atoms with Crippen LogP contribution in [0.2, 0.25) is 0 Å². The van der Waals surface area contributed by atoms with E-state index < -0.39 is 12.0 Å². The molecule has 1 unspecified atom stereocenters. The Balaban J connectivity index is 2.94. The fraction of sp³-hybridized carbons (Fsp3) is 0.500. The molecule has 21 heavy (non-hydrogen) atoms. The third-order valence-electron chi connectivity index (χ3n) is 3.68. The highest BCUT2D eigenvalue weighted by Gasteiger charge is 2.18. The van der Waals surface area contributed by atoms with Gasteiger partial charge in [0, 0.05) is 17.3 Å². The van der Waals surface area contributed by atoms with Crippen LogP contribution in [0.5, 0.6) is 0 Å². The lowest BCUT2D eigenvalue weighted by Gasteiger charge is -2.21. The predicted molar refractivity (Wildman–Crippen MR) is 83.7 cm³/mol. The maximum Gasteiger partial charge on any atom is 0.325 e. The molecule has 0 radical (unpaired) electrons. The van der Waals surface area contributed by atoms with Gasteiger partial charge in [-0.25, -0.2) is 0 Å². The summed E-state index contributed by atoms with van der Waals surface area (Å²) in [7, 11) is 0. The molecule has 0 saturated heterocycles. The first-order valence-electron chi connectivity index (χ1n) is 7.13. The van der Waals surface area contributed by atoms with E-state index in [9.17, 15) is 9.59 Å². The van der Waals surface area contributed by atoms with Crippen LogP contribution >= 0.6 is 0 Å². The van der Waals surface area contributed by atoms with Crippen LogP contribution in [0.25, 0.3) is 0 Å². The Bertz CT molecular complexity index is 526. The van der Waals surface area contributed by atoms with E-state index in [0.29, 0.717) is 11.5 Å². The molecule has 0 saturated carbocycles. The zero-order valence-corrected chi connectivity index (χ0v) is 13.2. The van der Waals surface area contributed by atoms with Gasteiger partial charge in [-0.3, -0.25) is 9.59 Å². The molecule has 0 bridgehead atoms. The fourth-order valence-electron chi connectivity index (χ4n) is 1.79. The van der Waals surface area contributed by atoms with Crippen molar-refractivity contribution in [2.24, 2.45) is 5.92 Å². The van der Waals surface area contributed by atoms with Crippen molar-refractivity contribution in [3.63, 3.8) is 0 Å². The number of benzene rings is 1. The summed E-state index contributed by atoms with van der Waals surface area (Å²) in [6, 6.07) is 4.78.